The number of hydrogen-bond acceptors (Lipinski definition) is 4. The molecule has 1 aliphatic rings. The Kier molecular flexibility index (Phi) is 5.76. The first-order chi connectivity index (χ1) is 12.5. The van der Waals surface area contributed by atoms with Crippen molar-refractivity contribution in [3.05, 3.63) is 75.7 Å². The van der Waals surface area contributed by atoms with Crippen molar-refractivity contribution in [2.45, 2.75) is 12.5 Å². The van der Waals surface area contributed by atoms with E-state index in [4.69, 9.17) is 23.8 Å². The number of carbonyl (C=O) groups is 2. The Morgan fingerprint density at radius 2 is 1.85 bits per heavy atom. The van der Waals surface area contributed by atoms with Gasteiger partial charge >= 0.3 is 5.97 Å². The summed E-state index contributed by atoms with van der Waals surface area (Å²) in [6, 6.07) is 15.2. The smallest absolute Gasteiger partial charge is 0.327 e. The van der Waals surface area contributed by atoms with E-state index < -0.39 is 17.9 Å². The molecule has 1 amide bonds. The normalized spacial score (nSPS) is 17.0. The van der Waals surface area contributed by atoms with Gasteiger partial charge in [0.25, 0.3) is 5.91 Å². The minimum Gasteiger partial charge on any atom is -0.480 e. The van der Waals surface area contributed by atoms with Crippen LogP contribution in [0.4, 0.5) is 0 Å². The maximum atomic E-state index is 12.8. The molecule has 2 aromatic rings. The van der Waals surface area contributed by atoms with E-state index in [0.717, 1.165) is 17.3 Å². The third kappa shape index (κ3) is 3.98. The molecule has 0 bridgehead atoms. The van der Waals surface area contributed by atoms with Crippen LogP contribution in [0.1, 0.15) is 11.1 Å². The molecule has 26 heavy (non-hydrogen) atoms. The fraction of sp³-hybridized carbons (Fsp3) is 0.105. The Bertz CT molecular complexity index is 899. The summed E-state index contributed by atoms with van der Waals surface area (Å²) in [5, 5.41) is 10.2. The second kappa shape index (κ2) is 8.03. The van der Waals surface area contributed by atoms with Crippen molar-refractivity contribution in [1.82, 2.24) is 4.90 Å². The molecule has 0 aliphatic carbocycles. The van der Waals surface area contributed by atoms with Gasteiger partial charge in [-0.25, -0.2) is 4.79 Å². The average molecular weight is 404 g/mol. The second-order valence-electron chi connectivity index (χ2n) is 5.62. The number of rotatable bonds is 5. The molecule has 4 nitrogen and oxygen atoms in total. The Labute approximate surface area is 165 Å². The molecule has 7 heteroatoms. The Balaban J connectivity index is 1.89. The predicted molar refractivity (Wildman–Crippen MR) is 108 cm³/mol. The number of thiocarbonyl (C=S) groups is 1. The van der Waals surface area contributed by atoms with Gasteiger partial charge in [0, 0.05) is 11.4 Å². The zero-order valence-corrected chi connectivity index (χ0v) is 15.9. The van der Waals surface area contributed by atoms with E-state index in [2.05, 4.69) is 0 Å². The van der Waals surface area contributed by atoms with Gasteiger partial charge in [-0.15, -0.1) is 0 Å². The van der Waals surface area contributed by atoms with Crippen LogP contribution in [-0.2, 0) is 16.0 Å². The lowest BCUT2D eigenvalue weighted by atomic mass is 10.0. The highest BCUT2D eigenvalue weighted by molar-refractivity contribution is 8.26. The third-order valence-corrected chi connectivity index (χ3v) is 5.56. The minimum absolute atomic E-state index is 0.183. The van der Waals surface area contributed by atoms with E-state index in [0.29, 0.717) is 15.5 Å². The number of nitrogens with zero attached hydrogens (tertiary/aromatic N) is 1. The molecule has 132 valence electrons. The Hall–Kier alpha value is -2.15. The molecule has 3 rings (SSSR count). The largest absolute Gasteiger partial charge is 0.480 e. The van der Waals surface area contributed by atoms with E-state index >= 15 is 0 Å². The summed E-state index contributed by atoms with van der Waals surface area (Å²) < 4.78 is 0.233. The molecule has 0 aromatic heterocycles. The molecule has 1 fully saturated rings. The Morgan fingerprint density at radius 1 is 1.19 bits per heavy atom. The summed E-state index contributed by atoms with van der Waals surface area (Å²) in [7, 11) is 0. The van der Waals surface area contributed by atoms with Gasteiger partial charge in [0.2, 0.25) is 0 Å². The highest BCUT2D eigenvalue weighted by Gasteiger charge is 2.40. The van der Waals surface area contributed by atoms with Gasteiger partial charge in [-0.3, -0.25) is 9.69 Å². The molecular weight excluding hydrogens is 390 g/mol. The van der Waals surface area contributed by atoms with Crippen molar-refractivity contribution >= 4 is 57.9 Å². The van der Waals surface area contributed by atoms with Gasteiger partial charge in [-0.1, -0.05) is 84.1 Å². The quantitative estimate of drug-likeness (QED) is 0.597. The predicted octanol–water partition coefficient (Wildman–Crippen LogP) is 4.24. The summed E-state index contributed by atoms with van der Waals surface area (Å²) >= 11 is 12.5. The fourth-order valence-corrected chi connectivity index (χ4v) is 4.15. The summed E-state index contributed by atoms with van der Waals surface area (Å²) in [6.45, 7) is 0. The van der Waals surface area contributed by atoms with Crippen molar-refractivity contribution in [3.8, 4) is 0 Å². The number of thioether (sulfide) groups is 1. The zero-order chi connectivity index (χ0) is 18.7. The molecule has 2 aromatic carbocycles. The van der Waals surface area contributed by atoms with Gasteiger partial charge in [-0.05, 0) is 23.3 Å². The van der Waals surface area contributed by atoms with Gasteiger partial charge in [0.05, 0.1) is 4.91 Å². The number of benzene rings is 2. The first-order valence-electron chi connectivity index (χ1n) is 7.75. The van der Waals surface area contributed by atoms with Crippen molar-refractivity contribution in [1.29, 1.82) is 0 Å². The monoisotopic (exact) mass is 403 g/mol. The first kappa shape index (κ1) is 18.6. The van der Waals surface area contributed by atoms with Crippen LogP contribution in [0.25, 0.3) is 6.08 Å². The number of carbonyl (C=O) groups excluding carboxylic acids is 1. The summed E-state index contributed by atoms with van der Waals surface area (Å²) in [6.07, 6.45) is 1.82. The lowest BCUT2D eigenvalue weighted by molar-refractivity contribution is -0.145. The van der Waals surface area contributed by atoms with Crippen molar-refractivity contribution in [2.75, 3.05) is 0 Å². The van der Waals surface area contributed by atoms with E-state index in [1.165, 1.54) is 4.90 Å². The van der Waals surface area contributed by atoms with Crippen LogP contribution in [0.5, 0.6) is 0 Å². The molecule has 1 unspecified atom stereocenters. The first-order valence-corrected chi connectivity index (χ1v) is 9.36. The standard InChI is InChI=1S/C19H14ClNO3S2/c20-14-9-5-4-8-13(14)11-16-17(22)21(19(25)26-16)15(18(23)24)10-12-6-2-1-3-7-12/h1-9,11,15H,10H2,(H,23,24). The molecule has 0 radical (unpaired) electrons. The van der Waals surface area contributed by atoms with Crippen LogP contribution in [0, 0.1) is 0 Å². The van der Waals surface area contributed by atoms with Crippen molar-refractivity contribution in [2.24, 2.45) is 0 Å². The highest BCUT2D eigenvalue weighted by Crippen LogP contribution is 2.35. The molecule has 1 N–H and O–H groups in total. The van der Waals surface area contributed by atoms with Gasteiger partial charge in [-0.2, -0.15) is 0 Å². The summed E-state index contributed by atoms with van der Waals surface area (Å²) in [5.41, 5.74) is 1.51. The highest BCUT2D eigenvalue weighted by atomic mass is 35.5. The number of hydrogen-bond donors (Lipinski definition) is 1. The number of carboxylic acids is 1. The van der Waals surface area contributed by atoms with Crippen LogP contribution >= 0.6 is 35.6 Å². The summed E-state index contributed by atoms with van der Waals surface area (Å²) in [4.78, 5) is 26.2. The Morgan fingerprint density at radius 3 is 2.50 bits per heavy atom. The van der Waals surface area contributed by atoms with Crippen molar-refractivity contribution in [3.63, 3.8) is 0 Å². The maximum absolute atomic E-state index is 12.8. The van der Waals surface area contributed by atoms with Gasteiger partial charge < -0.3 is 5.11 Å². The lowest BCUT2D eigenvalue weighted by Crippen LogP contribution is -2.45. The molecule has 1 atom stereocenters. The lowest BCUT2D eigenvalue weighted by Gasteiger charge is -2.23. The third-order valence-electron chi connectivity index (χ3n) is 3.88. The molecule has 1 saturated heterocycles. The van der Waals surface area contributed by atoms with Gasteiger partial charge in [0.15, 0.2) is 0 Å². The zero-order valence-electron chi connectivity index (χ0n) is 13.5. The minimum atomic E-state index is -1.09. The SMILES string of the molecule is O=C(O)C(Cc1ccccc1)N1C(=O)C(=Cc2ccccc2Cl)SC1=S. The van der Waals surface area contributed by atoms with E-state index in [9.17, 15) is 14.7 Å². The van der Waals surface area contributed by atoms with E-state index in [1.54, 1.807) is 24.3 Å². The number of halogens is 1. The van der Waals surface area contributed by atoms with Crippen LogP contribution < -0.4 is 0 Å². The number of carboxylic acid groups (broad SMARTS) is 1. The molecule has 0 spiro atoms. The van der Waals surface area contributed by atoms with Gasteiger partial charge in [0.1, 0.15) is 10.4 Å². The molecule has 1 heterocycles. The number of aliphatic carboxylic acids is 1. The second-order valence-corrected chi connectivity index (χ2v) is 7.70. The van der Waals surface area contributed by atoms with Crippen LogP contribution in [0.3, 0.4) is 0 Å². The fourth-order valence-electron chi connectivity index (χ4n) is 2.61. The van der Waals surface area contributed by atoms with E-state index in [-0.39, 0.29) is 10.7 Å². The topological polar surface area (TPSA) is 57.6 Å². The molecular formula is C19H14ClNO3S2. The number of amides is 1. The maximum Gasteiger partial charge on any atom is 0.327 e. The van der Waals surface area contributed by atoms with Crippen LogP contribution in [0.15, 0.2) is 59.5 Å². The van der Waals surface area contributed by atoms with Crippen LogP contribution in [0.2, 0.25) is 5.02 Å². The van der Waals surface area contributed by atoms with E-state index in [1.807, 2.05) is 36.4 Å². The molecule has 0 saturated carbocycles. The molecule has 1 aliphatic heterocycles. The average Bonchev–Trinajstić information content (AvgIpc) is 2.89. The van der Waals surface area contributed by atoms with Crippen molar-refractivity contribution < 1.29 is 14.7 Å². The summed E-state index contributed by atoms with van der Waals surface area (Å²) in [5.74, 6) is -1.51. The van der Waals surface area contributed by atoms with Crippen LogP contribution in [-0.4, -0.2) is 32.2 Å².